The molecule has 0 aliphatic carbocycles. The Morgan fingerprint density at radius 2 is 2.17 bits per heavy atom. The van der Waals surface area contributed by atoms with Crippen LogP contribution in [0.3, 0.4) is 0 Å². The number of carboxylic acids is 1. The largest absolute Gasteiger partial charge is 0.478 e. The molecule has 1 unspecified atom stereocenters. The maximum Gasteiger partial charge on any atom is 0.335 e. The molecule has 0 spiro atoms. The van der Waals surface area contributed by atoms with Crippen molar-refractivity contribution in [2.45, 2.75) is 38.6 Å². The number of piperidine rings is 1. The monoisotopic (exact) mass is 330 g/mol. The van der Waals surface area contributed by atoms with Gasteiger partial charge in [-0.25, -0.2) is 9.78 Å². The van der Waals surface area contributed by atoms with E-state index >= 15 is 0 Å². The van der Waals surface area contributed by atoms with E-state index in [-0.39, 0.29) is 0 Å². The number of hydrogen-bond donors (Lipinski definition) is 1. The number of benzene rings is 1. The third-order valence-electron chi connectivity index (χ3n) is 4.42. The zero-order chi connectivity index (χ0) is 16.2. The number of rotatable bonds is 5. The second-order valence-corrected chi connectivity index (χ2v) is 7.03. The second-order valence-electron chi connectivity index (χ2n) is 6.09. The minimum absolute atomic E-state index is 0.357. The molecule has 3 rings (SSSR count). The van der Waals surface area contributed by atoms with Gasteiger partial charge >= 0.3 is 5.97 Å². The second kappa shape index (κ2) is 7.23. The number of carboxylic acid groups (broad SMARTS) is 1. The summed E-state index contributed by atoms with van der Waals surface area (Å²) in [7, 11) is 0. The van der Waals surface area contributed by atoms with Crippen molar-refractivity contribution in [1.29, 1.82) is 0 Å². The van der Waals surface area contributed by atoms with Gasteiger partial charge in [-0.15, -0.1) is 11.3 Å². The first-order chi connectivity index (χ1) is 11.2. The van der Waals surface area contributed by atoms with Gasteiger partial charge in [0.2, 0.25) is 0 Å². The van der Waals surface area contributed by atoms with Crippen LogP contribution in [0.5, 0.6) is 0 Å². The van der Waals surface area contributed by atoms with Crippen molar-refractivity contribution < 1.29 is 9.90 Å². The third-order valence-corrected chi connectivity index (χ3v) is 5.46. The van der Waals surface area contributed by atoms with Crippen LogP contribution in [-0.4, -0.2) is 34.0 Å². The van der Waals surface area contributed by atoms with Crippen molar-refractivity contribution in [2.24, 2.45) is 0 Å². The molecule has 2 heterocycles. The van der Waals surface area contributed by atoms with Crippen molar-refractivity contribution in [3.05, 3.63) is 51.5 Å². The number of likely N-dealkylation sites (tertiary alicyclic amines) is 1. The molecule has 0 saturated carbocycles. The number of aromatic carboxylic acids is 1. The fourth-order valence-electron chi connectivity index (χ4n) is 3.18. The molecule has 1 fully saturated rings. The van der Waals surface area contributed by atoms with Gasteiger partial charge in [-0.2, -0.15) is 0 Å². The maximum absolute atomic E-state index is 11.0. The van der Waals surface area contributed by atoms with Gasteiger partial charge < -0.3 is 5.11 Å². The predicted molar refractivity (Wildman–Crippen MR) is 92.1 cm³/mol. The van der Waals surface area contributed by atoms with E-state index in [1.54, 1.807) is 23.5 Å². The van der Waals surface area contributed by atoms with Crippen LogP contribution >= 0.6 is 11.3 Å². The number of aryl methyl sites for hydroxylation is 1. The van der Waals surface area contributed by atoms with Crippen molar-refractivity contribution in [3.8, 4) is 0 Å². The van der Waals surface area contributed by atoms with Gasteiger partial charge in [0.1, 0.15) is 0 Å². The molecule has 0 amide bonds. The number of nitrogens with zero attached hydrogens (tertiary/aromatic N) is 2. The lowest BCUT2D eigenvalue weighted by Gasteiger charge is -2.32. The molecular weight excluding hydrogens is 308 g/mol. The lowest BCUT2D eigenvalue weighted by atomic mass is 9.90. The number of carbonyl (C=O) groups is 1. The van der Waals surface area contributed by atoms with E-state index in [2.05, 4.69) is 22.2 Å². The molecule has 1 atom stereocenters. The zero-order valence-corrected chi connectivity index (χ0v) is 14.2. The Labute approximate surface area is 140 Å². The number of aromatic nitrogens is 1. The Balaban J connectivity index is 1.64. The van der Waals surface area contributed by atoms with Gasteiger partial charge in [0.15, 0.2) is 0 Å². The van der Waals surface area contributed by atoms with E-state index < -0.39 is 5.97 Å². The normalized spacial score (nSPS) is 18.9. The highest BCUT2D eigenvalue weighted by Crippen LogP contribution is 2.28. The summed E-state index contributed by atoms with van der Waals surface area (Å²) >= 11 is 1.75. The summed E-state index contributed by atoms with van der Waals surface area (Å²) in [6.45, 7) is 5.19. The average molecular weight is 330 g/mol. The molecule has 0 bridgehead atoms. The highest BCUT2D eigenvalue weighted by Gasteiger charge is 2.22. The van der Waals surface area contributed by atoms with Gasteiger partial charge in [-0.05, 0) is 49.4 Å². The molecule has 1 N–H and O–H groups in total. The Hall–Kier alpha value is -1.72. The molecule has 2 aromatic rings. The smallest absolute Gasteiger partial charge is 0.335 e. The topological polar surface area (TPSA) is 53.4 Å². The summed E-state index contributed by atoms with van der Waals surface area (Å²) in [5.41, 5.74) is 2.77. The minimum Gasteiger partial charge on any atom is -0.478 e. The van der Waals surface area contributed by atoms with E-state index in [0.29, 0.717) is 11.5 Å². The van der Waals surface area contributed by atoms with Gasteiger partial charge in [0.25, 0.3) is 0 Å². The molecule has 122 valence electrons. The average Bonchev–Trinajstić information content (AvgIpc) is 3.03. The van der Waals surface area contributed by atoms with Gasteiger partial charge in [0, 0.05) is 18.5 Å². The maximum atomic E-state index is 11.0. The molecule has 1 aliphatic heterocycles. The van der Waals surface area contributed by atoms with Gasteiger partial charge in [-0.3, -0.25) is 4.90 Å². The first-order valence-corrected chi connectivity index (χ1v) is 9.02. The van der Waals surface area contributed by atoms with E-state index in [0.717, 1.165) is 26.1 Å². The molecule has 1 aromatic heterocycles. The highest BCUT2D eigenvalue weighted by atomic mass is 32.1. The van der Waals surface area contributed by atoms with Crippen molar-refractivity contribution in [2.75, 3.05) is 13.1 Å². The molecule has 5 heteroatoms. The van der Waals surface area contributed by atoms with Crippen LogP contribution < -0.4 is 0 Å². The molecule has 0 radical (unpaired) electrons. The molecule has 1 aliphatic rings. The number of thiazole rings is 1. The van der Waals surface area contributed by atoms with Crippen LogP contribution in [0.1, 0.15) is 52.3 Å². The van der Waals surface area contributed by atoms with E-state index in [1.165, 1.54) is 29.1 Å². The van der Waals surface area contributed by atoms with E-state index in [4.69, 9.17) is 5.11 Å². The summed E-state index contributed by atoms with van der Waals surface area (Å²) in [4.78, 5) is 18.1. The lowest BCUT2D eigenvalue weighted by molar-refractivity contribution is 0.0697. The Kier molecular flexibility index (Phi) is 5.08. The standard InChI is InChI=1S/C18H22N2O2S/c1-2-17-19-16(12-23-17)11-20-9-3-4-15(10-20)13-5-7-14(8-6-13)18(21)22/h5-8,12,15H,2-4,9-11H2,1H3,(H,21,22). The van der Waals surface area contributed by atoms with E-state index in [1.807, 2.05) is 12.1 Å². The summed E-state index contributed by atoms with van der Waals surface area (Å²) in [5, 5.41) is 12.4. The van der Waals surface area contributed by atoms with Gasteiger partial charge in [-0.1, -0.05) is 19.1 Å². The zero-order valence-electron chi connectivity index (χ0n) is 13.4. The third kappa shape index (κ3) is 3.98. The summed E-state index contributed by atoms with van der Waals surface area (Å²) in [6.07, 6.45) is 3.35. The summed E-state index contributed by atoms with van der Waals surface area (Å²) in [5.74, 6) is -0.382. The molecular formula is C18H22N2O2S. The van der Waals surface area contributed by atoms with Crippen LogP contribution in [0.4, 0.5) is 0 Å². The summed E-state index contributed by atoms with van der Waals surface area (Å²) in [6, 6.07) is 7.36. The Morgan fingerprint density at radius 3 is 2.83 bits per heavy atom. The van der Waals surface area contributed by atoms with Crippen molar-refractivity contribution in [1.82, 2.24) is 9.88 Å². The lowest BCUT2D eigenvalue weighted by Crippen LogP contribution is -2.34. The number of hydrogen-bond acceptors (Lipinski definition) is 4. The van der Waals surface area contributed by atoms with Crippen molar-refractivity contribution in [3.63, 3.8) is 0 Å². The van der Waals surface area contributed by atoms with Crippen molar-refractivity contribution >= 4 is 17.3 Å². The van der Waals surface area contributed by atoms with Crippen LogP contribution in [0.25, 0.3) is 0 Å². The van der Waals surface area contributed by atoms with Gasteiger partial charge in [0.05, 0.1) is 16.3 Å². The highest BCUT2D eigenvalue weighted by molar-refractivity contribution is 7.09. The van der Waals surface area contributed by atoms with Crippen LogP contribution in [0.2, 0.25) is 0 Å². The fourth-order valence-corrected chi connectivity index (χ4v) is 3.92. The quantitative estimate of drug-likeness (QED) is 0.906. The van der Waals surface area contributed by atoms with E-state index in [9.17, 15) is 4.79 Å². The molecule has 23 heavy (non-hydrogen) atoms. The fraction of sp³-hybridized carbons (Fsp3) is 0.444. The SMILES string of the molecule is CCc1nc(CN2CCCC(c3ccc(C(=O)O)cc3)C2)cs1. The predicted octanol–water partition coefficient (Wildman–Crippen LogP) is 3.78. The summed E-state index contributed by atoms with van der Waals surface area (Å²) < 4.78 is 0. The minimum atomic E-state index is -0.864. The first-order valence-electron chi connectivity index (χ1n) is 8.14. The molecule has 1 aromatic carbocycles. The van der Waals surface area contributed by atoms with Crippen LogP contribution in [0.15, 0.2) is 29.6 Å². The Bertz CT molecular complexity index is 666. The van der Waals surface area contributed by atoms with Crippen LogP contribution in [-0.2, 0) is 13.0 Å². The molecule has 1 saturated heterocycles. The Morgan fingerprint density at radius 1 is 1.39 bits per heavy atom. The molecule has 4 nitrogen and oxygen atoms in total. The first kappa shape index (κ1) is 16.1. The van der Waals surface area contributed by atoms with Crippen LogP contribution in [0, 0.1) is 0 Å².